The molecule has 1 fully saturated rings. The summed E-state index contributed by atoms with van der Waals surface area (Å²) in [6, 6.07) is 9.25. The topological polar surface area (TPSA) is 78.5 Å². The minimum absolute atomic E-state index is 0.0413. The number of nitrogens with one attached hydrogen (secondary N) is 2. The summed E-state index contributed by atoms with van der Waals surface area (Å²) in [7, 11) is -3.56. The molecule has 156 valence electrons. The Bertz CT molecular complexity index is 739. The molecule has 0 bridgehead atoms. The SMILES string of the molecule is CC1CC(C)CN(CC(C)NC(=O)CCNS(=O)(=O)/C=C/c2ccccc2)C1. The fourth-order valence-electron chi connectivity index (χ4n) is 3.81. The zero-order chi connectivity index (χ0) is 20.6. The molecule has 28 heavy (non-hydrogen) atoms. The van der Waals surface area contributed by atoms with E-state index < -0.39 is 10.0 Å². The predicted octanol–water partition coefficient (Wildman–Crippen LogP) is 2.45. The molecule has 6 nitrogen and oxygen atoms in total. The van der Waals surface area contributed by atoms with E-state index in [1.807, 2.05) is 37.3 Å². The van der Waals surface area contributed by atoms with Crippen LogP contribution in [0.4, 0.5) is 0 Å². The highest BCUT2D eigenvalue weighted by atomic mass is 32.2. The lowest BCUT2D eigenvalue weighted by atomic mass is 9.92. The molecule has 1 aliphatic heterocycles. The number of carbonyl (C=O) groups is 1. The van der Waals surface area contributed by atoms with Gasteiger partial charge in [-0.05, 0) is 36.8 Å². The number of amides is 1. The Morgan fingerprint density at radius 1 is 1.21 bits per heavy atom. The van der Waals surface area contributed by atoms with Crippen LogP contribution < -0.4 is 10.0 Å². The van der Waals surface area contributed by atoms with Gasteiger partial charge >= 0.3 is 0 Å². The van der Waals surface area contributed by atoms with E-state index in [2.05, 4.69) is 28.8 Å². The van der Waals surface area contributed by atoms with Gasteiger partial charge in [0.1, 0.15) is 0 Å². The first-order valence-electron chi connectivity index (χ1n) is 9.98. The lowest BCUT2D eigenvalue weighted by Crippen LogP contribution is -2.47. The van der Waals surface area contributed by atoms with Crippen molar-refractivity contribution < 1.29 is 13.2 Å². The molecule has 1 aromatic rings. The average molecular weight is 408 g/mol. The van der Waals surface area contributed by atoms with Crippen LogP contribution in [0.2, 0.25) is 0 Å². The van der Waals surface area contributed by atoms with Crippen LogP contribution in [0, 0.1) is 11.8 Å². The highest BCUT2D eigenvalue weighted by Gasteiger charge is 2.23. The number of likely N-dealkylation sites (tertiary alicyclic amines) is 1. The van der Waals surface area contributed by atoms with Crippen LogP contribution in [0.1, 0.15) is 39.2 Å². The van der Waals surface area contributed by atoms with Crippen molar-refractivity contribution in [2.24, 2.45) is 11.8 Å². The molecule has 2 rings (SSSR count). The standard InChI is InChI=1S/C21H33N3O3S/c1-17-13-18(2)15-24(14-17)16-19(3)23-21(25)9-11-22-28(26,27)12-10-20-7-5-4-6-8-20/h4-8,10,12,17-19,22H,9,11,13-16H2,1-3H3,(H,23,25)/b12-10+. The first-order valence-corrected chi connectivity index (χ1v) is 11.5. The van der Waals surface area contributed by atoms with E-state index in [0.29, 0.717) is 11.8 Å². The summed E-state index contributed by atoms with van der Waals surface area (Å²) in [5.41, 5.74) is 0.806. The summed E-state index contributed by atoms with van der Waals surface area (Å²) in [6.07, 6.45) is 2.91. The zero-order valence-electron chi connectivity index (χ0n) is 17.1. The highest BCUT2D eigenvalue weighted by Crippen LogP contribution is 2.20. The Balaban J connectivity index is 1.69. The van der Waals surface area contributed by atoms with E-state index in [4.69, 9.17) is 0 Å². The Morgan fingerprint density at radius 2 is 1.86 bits per heavy atom. The van der Waals surface area contributed by atoms with Crippen molar-refractivity contribution in [3.05, 3.63) is 41.3 Å². The van der Waals surface area contributed by atoms with Crippen molar-refractivity contribution in [2.75, 3.05) is 26.2 Å². The van der Waals surface area contributed by atoms with E-state index in [9.17, 15) is 13.2 Å². The van der Waals surface area contributed by atoms with Gasteiger partial charge in [-0.2, -0.15) is 0 Å². The van der Waals surface area contributed by atoms with Crippen LogP contribution in [0.3, 0.4) is 0 Å². The quantitative estimate of drug-likeness (QED) is 0.659. The van der Waals surface area contributed by atoms with E-state index in [0.717, 1.165) is 30.6 Å². The van der Waals surface area contributed by atoms with Crippen molar-refractivity contribution >= 4 is 22.0 Å². The molecule has 1 aliphatic rings. The van der Waals surface area contributed by atoms with Gasteiger partial charge in [-0.15, -0.1) is 0 Å². The molecule has 2 N–H and O–H groups in total. The zero-order valence-corrected chi connectivity index (χ0v) is 17.9. The molecule has 0 spiro atoms. The normalized spacial score (nSPS) is 22.2. The third-order valence-corrected chi connectivity index (χ3v) is 5.88. The number of piperidine rings is 1. The van der Waals surface area contributed by atoms with Gasteiger partial charge < -0.3 is 10.2 Å². The Labute approximate surface area is 169 Å². The second-order valence-electron chi connectivity index (χ2n) is 8.04. The second kappa shape index (κ2) is 10.7. The number of nitrogens with zero attached hydrogens (tertiary/aromatic N) is 1. The van der Waals surface area contributed by atoms with Crippen LogP contribution >= 0.6 is 0 Å². The van der Waals surface area contributed by atoms with Crippen LogP contribution in [0.15, 0.2) is 35.7 Å². The van der Waals surface area contributed by atoms with Crippen molar-refractivity contribution in [2.45, 2.75) is 39.7 Å². The molecule has 1 heterocycles. The van der Waals surface area contributed by atoms with Crippen LogP contribution in [0.25, 0.3) is 6.08 Å². The lowest BCUT2D eigenvalue weighted by Gasteiger charge is -2.36. The average Bonchev–Trinajstić information content (AvgIpc) is 2.59. The van der Waals surface area contributed by atoms with Gasteiger partial charge in [-0.3, -0.25) is 4.79 Å². The van der Waals surface area contributed by atoms with Crippen LogP contribution in [-0.2, 0) is 14.8 Å². The maximum atomic E-state index is 12.1. The molecular formula is C21H33N3O3S. The van der Waals surface area contributed by atoms with Crippen LogP contribution in [-0.4, -0.2) is 51.4 Å². The van der Waals surface area contributed by atoms with Gasteiger partial charge in [0.15, 0.2) is 0 Å². The number of sulfonamides is 1. The first-order chi connectivity index (χ1) is 13.2. The molecule has 3 atom stereocenters. The number of carbonyl (C=O) groups excluding carboxylic acids is 1. The van der Waals surface area contributed by atoms with Gasteiger partial charge in [-0.1, -0.05) is 44.2 Å². The van der Waals surface area contributed by atoms with E-state index in [-0.39, 0.29) is 24.9 Å². The molecule has 7 heteroatoms. The molecule has 1 aromatic carbocycles. The minimum atomic E-state index is -3.56. The first kappa shape index (κ1) is 22.6. The molecule has 1 saturated heterocycles. The van der Waals surface area contributed by atoms with E-state index in [1.54, 1.807) is 0 Å². The number of hydrogen-bond donors (Lipinski definition) is 2. The monoisotopic (exact) mass is 407 g/mol. The third kappa shape index (κ3) is 8.54. The second-order valence-corrected chi connectivity index (χ2v) is 9.69. The molecule has 0 saturated carbocycles. The smallest absolute Gasteiger partial charge is 0.233 e. The highest BCUT2D eigenvalue weighted by molar-refractivity contribution is 7.92. The fraction of sp³-hybridized carbons (Fsp3) is 0.571. The number of benzene rings is 1. The molecule has 3 unspecified atom stereocenters. The van der Waals surface area contributed by atoms with Gasteiger partial charge in [0.05, 0.1) is 0 Å². The minimum Gasteiger partial charge on any atom is -0.352 e. The summed E-state index contributed by atoms with van der Waals surface area (Å²) >= 11 is 0. The predicted molar refractivity (Wildman–Crippen MR) is 114 cm³/mol. The van der Waals surface area contributed by atoms with Gasteiger partial charge in [0.2, 0.25) is 15.9 Å². The van der Waals surface area contributed by atoms with Gasteiger partial charge in [0.25, 0.3) is 0 Å². The van der Waals surface area contributed by atoms with E-state index in [1.165, 1.54) is 12.5 Å². The number of rotatable bonds is 9. The Hall–Kier alpha value is -1.70. The van der Waals surface area contributed by atoms with Crippen molar-refractivity contribution in [1.82, 2.24) is 14.9 Å². The maximum absolute atomic E-state index is 12.1. The summed E-state index contributed by atoms with van der Waals surface area (Å²) < 4.78 is 26.4. The molecule has 0 radical (unpaired) electrons. The summed E-state index contributed by atoms with van der Waals surface area (Å²) in [4.78, 5) is 14.5. The summed E-state index contributed by atoms with van der Waals surface area (Å²) in [5.74, 6) is 1.23. The largest absolute Gasteiger partial charge is 0.352 e. The van der Waals surface area contributed by atoms with Crippen LogP contribution in [0.5, 0.6) is 0 Å². The molecule has 0 aromatic heterocycles. The molecular weight excluding hydrogens is 374 g/mol. The van der Waals surface area contributed by atoms with Gasteiger partial charge in [-0.25, -0.2) is 13.1 Å². The number of hydrogen-bond acceptors (Lipinski definition) is 4. The van der Waals surface area contributed by atoms with Crippen molar-refractivity contribution in [1.29, 1.82) is 0 Å². The summed E-state index contributed by atoms with van der Waals surface area (Å²) in [5, 5.41) is 4.09. The van der Waals surface area contributed by atoms with E-state index >= 15 is 0 Å². The fourth-order valence-corrected chi connectivity index (χ4v) is 4.63. The van der Waals surface area contributed by atoms with Gasteiger partial charge in [0, 0.05) is 44.0 Å². The Morgan fingerprint density at radius 3 is 2.50 bits per heavy atom. The summed E-state index contributed by atoms with van der Waals surface area (Å²) in [6.45, 7) is 9.57. The Kier molecular flexibility index (Phi) is 8.66. The maximum Gasteiger partial charge on any atom is 0.233 e. The third-order valence-electron chi connectivity index (χ3n) is 4.78. The van der Waals surface area contributed by atoms with Crippen molar-refractivity contribution in [3.8, 4) is 0 Å². The lowest BCUT2D eigenvalue weighted by molar-refractivity contribution is -0.121. The molecule has 0 aliphatic carbocycles. The molecule has 1 amide bonds. The van der Waals surface area contributed by atoms with Crippen molar-refractivity contribution in [3.63, 3.8) is 0 Å².